The summed E-state index contributed by atoms with van der Waals surface area (Å²) in [4.78, 5) is 24.2. The molecule has 0 fully saturated rings. The number of methoxy groups -OCH3 is 1. The molecule has 0 N–H and O–H groups in total. The van der Waals surface area contributed by atoms with E-state index < -0.39 is 0 Å². The number of ether oxygens (including phenoxy) is 4. The largest absolute Gasteiger partial charge is 0.488 e. The highest BCUT2D eigenvalue weighted by Crippen LogP contribution is 2.31. The van der Waals surface area contributed by atoms with Crippen molar-refractivity contribution in [3.05, 3.63) is 95.1 Å². The molecule has 1 aliphatic rings. The van der Waals surface area contributed by atoms with Gasteiger partial charge in [0.15, 0.2) is 17.3 Å². The van der Waals surface area contributed by atoms with Crippen LogP contribution in [0.15, 0.2) is 72.8 Å². The van der Waals surface area contributed by atoms with Crippen LogP contribution in [0.3, 0.4) is 0 Å². The second kappa shape index (κ2) is 9.83. The highest BCUT2D eigenvalue weighted by Gasteiger charge is 2.14. The zero-order valence-corrected chi connectivity index (χ0v) is 17.6. The van der Waals surface area contributed by atoms with Crippen LogP contribution in [-0.2, 0) is 11.3 Å². The molecule has 3 aromatic carbocycles. The lowest BCUT2D eigenvalue weighted by molar-refractivity contribution is 0.0600. The van der Waals surface area contributed by atoms with Gasteiger partial charge in [-0.2, -0.15) is 0 Å². The summed E-state index contributed by atoms with van der Waals surface area (Å²) in [7, 11) is 1.35. The molecule has 3 aromatic rings. The number of hydrogen-bond acceptors (Lipinski definition) is 6. The van der Waals surface area contributed by atoms with Gasteiger partial charge in [-0.3, -0.25) is 4.79 Å². The van der Waals surface area contributed by atoms with E-state index in [1.807, 2.05) is 36.4 Å². The van der Waals surface area contributed by atoms with E-state index in [1.165, 1.54) is 13.2 Å². The minimum absolute atomic E-state index is 0.143. The normalized spacial score (nSPS) is 12.4. The molecule has 162 valence electrons. The number of rotatable bonds is 7. The van der Waals surface area contributed by atoms with Crippen molar-refractivity contribution in [1.29, 1.82) is 0 Å². The van der Waals surface area contributed by atoms with Gasteiger partial charge in [0.05, 0.1) is 12.7 Å². The van der Waals surface area contributed by atoms with Gasteiger partial charge in [-0.05, 0) is 54.1 Å². The Morgan fingerprint density at radius 2 is 1.62 bits per heavy atom. The highest BCUT2D eigenvalue weighted by atomic mass is 16.6. The number of para-hydroxylation sites is 1. The second-order valence-corrected chi connectivity index (χ2v) is 7.07. The maximum absolute atomic E-state index is 12.6. The van der Waals surface area contributed by atoms with Crippen LogP contribution in [0.1, 0.15) is 31.8 Å². The standard InChI is InChI=1S/C26H22O6/c1-29-26(28)20-8-6-18(7-9-20)17-32-23-5-3-2-4-19(23)10-12-22(27)21-11-13-24-25(16-21)31-15-14-30-24/h2-13,16H,14-15,17H2,1H3/b12-10+. The fourth-order valence-electron chi connectivity index (χ4n) is 3.22. The van der Waals surface area contributed by atoms with Gasteiger partial charge in [0.25, 0.3) is 0 Å². The first-order valence-electron chi connectivity index (χ1n) is 10.2. The Kier molecular flexibility index (Phi) is 6.51. The van der Waals surface area contributed by atoms with Crippen molar-refractivity contribution in [2.75, 3.05) is 20.3 Å². The molecule has 0 saturated carbocycles. The summed E-state index contributed by atoms with van der Waals surface area (Å²) in [6.07, 6.45) is 3.24. The summed E-state index contributed by atoms with van der Waals surface area (Å²) in [5, 5.41) is 0. The summed E-state index contributed by atoms with van der Waals surface area (Å²) in [5.74, 6) is 1.36. The Morgan fingerprint density at radius 1 is 0.906 bits per heavy atom. The number of esters is 1. The molecule has 0 atom stereocenters. The van der Waals surface area contributed by atoms with Crippen LogP contribution in [0.5, 0.6) is 17.2 Å². The molecule has 0 saturated heterocycles. The quantitative estimate of drug-likeness (QED) is 0.307. The molecule has 1 aliphatic heterocycles. The Balaban J connectivity index is 1.43. The van der Waals surface area contributed by atoms with Crippen molar-refractivity contribution in [2.24, 2.45) is 0 Å². The molecule has 0 aromatic heterocycles. The predicted molar refractivity (Wildman–Crippen MR) is 119 cm³/mol. The first kappa shape index (κ1) is 21.2. The summed E-state index contributed by atoms with van der Waals surface area (Å²) in [5.41, 5.74) is 2.69. The van der Waals surface area contributed by atoms with Crippen molar-refractivity contribution in [2.45, 2.75) is 6.61 Å². The van der Waals surface area contributed by atoms with Crippen molar-refractivity contribution in [3.8, 4) is 17.2 Å². The molecule has 4 rings (SSSR count). The van der Waals surface area contributed by atoms with Crippen LogP contribution in [0.4, 0.5) is 0 Å². The molecular weight excluding hydrogens is 408 g/mol. The van der Waals surface area contributed by atoms with Gasteiger partial charge in [-0.1, -0.05) is 30.3 Å². The fraction of sp³-hybridized carbons (Fsp3) is 0.154. The number of fused-ring (bicyclic) bond motifs is 1. The maximum Gasteiger partial charge on any atom is 0.337 e. The van der Waals surface area contributed by atoms with E-state index >= 15 is 0 Å². The lowest BCUT2D eigenvalue weighted by atomic mass is 10.1. The molecule has 0 unspecified atom stereocenters. The van der Waals surface area contributed by atoms with E-state index in [9.17, 15) is 9.59 Å². The van der Waals surface area contributed by atoms with Crippen LogP contribution in [-0.4, -0.2) is 32.1 Å². The van der Waals surface area contributed by atoms with E-state index in [0.29, 0.717) is 48.2 Å². The van der Waals surface area contributed by atoms with Gasteiger partial charge in [0.1, 0.15) is 25.6 Å². The third-order valence-electron chi connectivity index (χ3n) is 4.93. The minimum atomic E-state index is -0.379. The van der Waals surface area contributed by atoms with Crippen molar-refractivity contribution >= 4 is 17.8 Å². The van der Waals surface area contributed by atoms with E-state index in [2.05, 4.69) is 0 Å². The Bertz CT molecular complexity index is 1150. The van der Waals surface area contributed by atoms with E-state index in [4.69, 9.17) is 18.9 Å². The van der Waals surface area contributed by atoms with Crippen LogP contribution in [0.25, 0.3) is 6.08 Å². The molecule has 6 nitrogen and oxygen atoms in total. The number of ketones is 1. The van der Waals surface area contributed by atoms with E-state index in [-0.39, 0.29) is 11.8 Å². The average molecular weight is 430 g/mol. The third kappa shape index (κ3) is 4.98. The van der Waals surface area contributed by atoms with Gasteiger partial charge >= 0.3 is 5.97 Å². The van der Waals surface area contributed by atoms with Crippen LogP contribution < -0.4 is 14.2 Å². The monoisotopic (exact) mass is 430 g/mol. The topological polar surface area (TPSA) is 71.1 Å². The van der Waals surface area contributed by atoms with Crippen molar-refractivity contribution in [1.82, 2.24) is 0 Å². The SMILES string of the molecule is COC(=O)c1ccc(COc2ccccc2/C=C/C(=O)c2ccc3c(c2)OCCO3)cc1. The van der Waals surface area contributed by atoms with Crippen molar-refractivity contribution in [3.63, 3.8) is 0 Å². The molecule has 0 radical (unpaired) electrons. The molecule has 0 spiro atoms. The second-order valence-electron chi connectivity index (χ2n) is 7.07. The average Bonchev–Trinajstić information content (AvgIpc) is 2.86. The minimum Gasteiger partial charge on any atom is -0.488 e. The lowest BCUT2D eigenvalue weighted by Crippen LogP contribution is -2.15. The molecular formula is C26H22O6. The fourth-order valence-corrected chi connectivity index (χ4v) is 3.22. The maximum atomic E-state index is 12.6. The number of allylic oxidation sites excluding steroid dienone is 1. The Hall–Kier alpha value is -4.06. The molecule has 6 heteroatoms. The highest BCUT2D eigenvalue weighted by molar-refractivity contribution is 6.07. The van der Waals surface area contributed by atoms with Crippen LogP contribution in [0.2, 0.25) is 0 Å². The van der Waals surface area contributed by atoms with E-state index in [0.717, 1.165) is 11.1 Å². The zero-order chi connectivity index (χ0) is 22.3. The summed E-state index contributed by atoms with van der Waals surface area (Å²) in [6.45, 7) is 1.30. The molecule has 32 heavy (non-hydrogen) atoms. The van der Waals surface area contributed by atoms with Gasteiger partial charge in [0.2, 0.25) is 0 Å². The van der Waals surface area contributed by atoms with Crippen LogP contribution >= 0.6 is 0 Å². The van der Waals surface area contributed by atoms with Gasteiger partial charge in [0, 0.05) is 11.1 Å². The molecule has 0 bridgehead atoms. The third-order valence-corrected chi connectivity index (χ3v) is 4.93. The molecule has 0 amide bonds. The number of carbonyl (C=O) groups excluding carboxylic acids is 2. The van der Waals surface area contributed by atoms with Gasteiger partial charge in [-0.25, -0.2) is 4.79 Å². The molecule has 0 aliphatic carbocycles. The summed E-state index contributed by atoms with van der Waals surface area (Å²) in [6, 6.07) is 19.7. The van der Waals surface area contributed by atoms with Gasteiger partial charge in [-0.15, -0.1) is 0 Å². The summed E-state index contributed by atoms with van der Waals surface area (Å²) >= 11 is 0. The molecule has 1 heterocycles. The zero-order valence-electron chi connectivity index (χ0n) is 17.6. The van der Waals surface area contributed by atoms with Crippen molar-refractivity contribution < 1.29 is 28.5 Å². The first-order chi connectivity index (χ1) is 15.6. The number of benzene rings is 3. The Labute approximate surface area is 186 Å². The lowest BCUT2D eigenvalue weighted by Gasteiger charge is -2.18. The van der Waals surface area contributed by atoms with Crippen LogP contribution in [0, 0.1) is 0 Å². The van der Waals surface area contributed by atoms with E-state index in [1.54, 1.807) is 36.4 Å². The predicted octanol–water partition coefficient (Wildman–Crippen LogP) is 4.72. The number of hydrogen-bond donors (Lipinski definition) is 0. The summed E-state index contributed by atoms with van der Waals surface area (Å²) < 4.78 is 21.7. The Morgan fingerprint density at radius 3 is 2.41 bits per heavy atom. The van der Waals surface area contributed by atoms with Gasteiger partial charge < -0.3 is 18.9 Å². The first-order valence-corrected chi connectivity index (χ1v) is 10.2. The number of carbonyl (C=O) groups is 2. The smallest absolute Gasteiger partial charge is 0.337 e.